The second-order valence-corrected chi connectivity index (χ2v) is 5.76. The molecule has 0 atom stereocenters. The first kappa shape index (κ1) is 17.4. The van der Waals surface area contributed by atoms with Crippen LogP contribution in [0.3, 0.4) is 0 Å². The van der Waals surface area contributed by atoms with E-state index >= 15 is 0 Å². The molecule has 3 rings (SSSR count). The van der Waals surface area contributed by atoms with Crippen LogP contribution < -0.4 is 10.6 Å². The topological polar surface area (TPSA) is 101 Å². The Hall–Kier alpha value is -3.45. The lowest BCUT2D eigenvalue weighted by Gasteiger charge is -2.10. The Bertz CT molecular complexity index is 1030. The summed E-state index contributed by atoms with van der Waals surface area (Å²) in [5, 5.41) is 17.4. The number of amides is 2. The number of fused-ring (bicyclic) bond motifs is 1. The molecule has 8 heteroatoms. The lowest BCUT2D eigenvalue weighted by Crippen LogP contribution is -2.29. The third-order valence-electron chi connectivity index (χ3n) is 3.65. The van der Waals surface area contributed by atoms with E-state index in [9.17, 15) is 19.7 Å². The van der Waals surface area contributed by atoms with Crippen LogP contribution in [0.2, 0.25) is 5.02 Å². The van der Waals surface area contributed by atoms with Crippen LogP contribution in [0.4, 0.5) is 17.1 Å². The fourth-order valence-corrected chi connectivity index (χ4v) is 2.58. The third kappa shape index (κ3) is 3.62. The van der Waals surface area contributed by atoms with Crippen molar-refractivity contribution >= 4 is 51.2 Å². The number of hydrogen-bond acceptors (Lipinski definition) is 4. The lowest BCUT2D eigenvalue weighted by atomic mass is 10.1. The Morgan fingerprint density at radius 1 is 0.885 bits per heavy atom. The summed E-state index contributed by atoms with van der Waals surface area (Å²) in [6, 6.07) is 16.3. The largest absolute Gasteiger partial charge is 0.317 e. The molecule has 0 spiro atoms. The molecule has 0 bridgehead atoms. The first-order valence-electron chi connectivity index (χ1n) is 7.50. The average molecular weight is 370 g/mol. The van der Waals surface area contributed by atoms with Crippen LogP contribution >= 0.6 is 11.6 Å². The Labute approximate surface area is 152 Å². The molecule has 3 aromatic carbocycles. The molecule has 2 amide bonds. The van der Waals surface area contributed by atoms with Gasteiger partial charge in [0.2, 0.25) is 0 Å². The van der Waals surface area contributed by atoms with Gasteiger partial charge in [-0.15, -0.1) is 0 Å². The molecular weight excluding hydrogens is 358 g/mol. The van der Waals surface area contributed by atoms with Crippen molar-refractivity contribution in [2.24, 2.45) is 0 Å². The van der Waals surface area contributed by atoms with Gasteiger partial charge in [0.05, 0.1) is 15.6 Å². The number of carbonyl (C=O) groups is 2. The highest BCUT2D eigenvalue weighted by molar-refractivity contribution is 6.45. The van der Waals surface area contributed by atoms with Crippen LogP contribution in [0.1, 0.15) is 0 Å². The minimum atomic E-state index is -0.986. The number of hydrogen-bond donors (Lipinski definition) is 2. The number of nitro benzene ring substituents is 1. The van der Waals surface area contributed by atoms with E-state index in [0.29, 0.717) is 5.69 Å². The number of nitrogens with one attached hydrogen (secondary N) is 2. The van der Waals surface area contributed by atoms with E-state index in [1.807, 2.05) is 30.3 Å². The molecule has 0 fully saturated rings. The zero-order valence-corrected chi connectivity index (χ0v) is 14.0. The Morgan fingerprint density at radius 3 is 2.27 bits per heavy atom. The summed E-state index contributed by atoms with van der Waals surface area (Å²) < 4.78 is 0. The summed E-state index contributed by atoms with van der Waals surface area (Å²) in [6.07, 6.45) is 0. The molecule has 0 aromatic heterocycles. The van der Waals surface area contributed by atoms with Crippen molar-refractivity contribution < 1.29 is 14.5 Å². The minimum absolute atomic E-state index is 0.0149. The van der Waals surface area contributed by atoms with Gasteiger partial charge >= 0.3 is 11.8 Å². The lowest BCUT2D eigenvalue weighted by molar-refractivity contribution is -0.384. The molecule has 0 unspecified atom stereocenters. The Kier molecular flexibility index (Phi) is 4.81. The van der Waals surface area contributed by atoms with Crippen molar-refractivity contribution in [3.05, 3.63) is 75.8 Å². The first-order chi connectivity index (χ1) is 12.5. The minimum Gasteiger partial charge on any atom is -0.317 e. The van der Waals surface area contributed by atoms with Gasteiger partial charge < -0.3 is 10.6 Å². The molecule has 0 heterocycles. The molecule has 0 aliphatic rings. The molecule has 26 heavy (non-hydrogen) atoms. The summed E-state index contributed by atoms with van der Waals surface area (Å²) in [4.78, 5) is 34.5. The number of non-ortho nitro benzene ring substituents is 1. The summed E-state index contributed by atoms with van der Waals surface area (Å²) in [5.74, 6) is -1.90. The number of nitro groups is 1. The maximum atomic E-state index is 12.2. The molecule has 0 radical (unpaired) electrons. The third-order valence-corrected chi connectivity index (χ3v) is 3.98. The van der Waals surface area contributed by atoms with Gasteiger partial charge in [0.1, 0.15) is 0 Å². The zero-order chi connectivity index (χ0) is 18.7. The van der Waals surface area contributed by atoms with Gasteiger partial charge in [-0.2, -0.15) is 0 Å². The molecule has 0 aliphatic carbocycles. The number of carbonyl (C=O) groups excluding carboxylic acids is 2. The average Bonchev–Trinajstić information content (AvgIpc) is 2.63. The molecular formula is C18H12ClN3O4. The molecule has 0 aliphatic heterocycles. The van der Waals surface area contributed by atoms with Crippen molar-refractivity contribution in [1.82, 2.24) is 0 Å². The van der Waals surface area contributed by atoms with Crippen molar-refractivity contribution in [2.75, 3.05) is 10.6 Å². The number of rotatable bonds is 3. The van der Waals surface area contributed by atoms with Crippen LogP contribution in [0.25, 0.3) is 10.8 Å². The molecule has 3 aromatic rings. The summed E-state index contributed by atoms with van der Waals surface area (Å²) in [7, 11) is 0. The van der Waals surface area contributed by atoms with Crippen molar-refractivity contribution in [2.45, 2.75) is 0 Å². The van der Waals surface area contributed by atoms with Gasteiger partial charge in [0.25, 0.3) is 5.69 Å². The van der Waals surface area contributed by atoms with Crippen LogP contribution in [0.5, 0.6) is 0 Å². The second-order valence-electron chi connectivity index (χ2n) is 5.36. The van der Waals surface area contributed by atoms with Crippen molar-refractivity contribution in [1.29, 1.82) is 0 Å². The Morgan fingerprint density at radius 2 is 1.54 bits per heavy atom. The number of halogens is 1. The maximum Gasteiger partial charge on any atom is 0.314 e. The van der Waals surface area contributed by atoms with Crippen molar-refractivity contribution in [3.63, 3.8) is 0 Å². The van der Waals surface area contributed by atoms with Crippen LogP contribution in [-0.2, 0) is 9.59 Å². The van der Waals surface area contributed by atoms with Crippen LogP contribution in [0, 0.1) is 10.1 Å². The quantitative estimate of drug-likeness (QED) is 0.414. The smallest absolute Gasteiger partial charge is 0.314 e. The van der Waals surface area contributed by atoms with E-state index in [1.165, 1.54) is 12.1 Å². The molecule has 0 saturated carbocycles. The number of anilines is 2. The first-order valence-corrected chi connectivity index (χ1v) is 7.87. The van der Waals surface area contributed by atoms with Gasteiger partial charge in [-0.25, -0.2) is 0 Å². The normalized spacial score (nSPS) is 10.3. The predicted octanol–water partition coefficient (Wildman–Crippen LogP) is 3.98. The fourth-order valence-electron chi connectivity index (χ4n) is 2.42. The predicted molar refractivity (Wildman–Crippen MR) is 99.3 cm³/mol. The Balaban J connectivity index is 1.79. The van der Waals surface area contributed by atoms with E-state index in [4.69, 9.17) is 11.6 Å². The maximum absolute atomic E-state index is 12.2. The van der Waals surface area contributed by atoms with E-state index < -0.39 is 16.7 Å². The van der Waals surface area contributed by atoms with Crippen LogP contribution in [-0.4, -0.2) is 16.7 Å². The molecule has 130 valence electrons. The second kappa shape index (κ2) is 7.20. The van der Waals surface area contributed by atoms with Gasteiger partial charge in [-0.3, -0.25) is 19.7 Å². The highest BCUT2D eigenvalue weighted by Crippen LogP contribution is 2.27. The highest BCUT2D eigenvalue weighted by atomic mass is 35.5. The van der Waals surface area contributed by atoms with Crippen molar-refractivity contribution in [3.8, 4) is 0 Å². The number of benzene rings is 3. The SMILES string of the molecule is O=C(Nc1cc([N+](=O)[O-])ccc1Cl)C(=O)Nc1cccc2ccccc12. The van der Waals surface area contributed by atoms with Gasteiger partial charge in [0.15, 0.2) is 0 Å². The summed E-state index contributed by atoms with van der Waals surface area (Å²) in [5.41, 5.74) is 0.214. The van der Waals surface area contributed by atoms with E-state index in [1.54, 1.807) is 12.1 Å². The fraction of sp³-hybridized carbons (Fsp3) is 0. The van der Waals surface area contributed by atoms with E-state index in [-0.39, 0.29) is 16.4 Å². The molecule has 7 nitrogen and oxygen atoms in total. The van der Waals surface area contributed by atoms with Gasteiger partial charge in [-0.05, 0) is 17.5 Å². The standard InChI is InChI=1S/C18H12ClN3O4/c19-14-9-8-12(22(25)26)10-16(14)21-18(24)17(23)20-15-7-3-5-11-4-1-2-6-13(11)15/h1-10H,(H,20,23)(H,21,24). The van der Waals surface area contributed by atoms with E-state index in [0.717, 1.165) is 16.8 Å². The van der Waals surface area contributed by atoms with Gasteiger partial charge in [0, 0.05) is 23.2 Å². The molecule has 0 saturated heterocycles. The monoisotopic (exact) mass is 369 g/mol. The molecule has 2 N–H and O–H groups in total. The zero-order valence-electron chi connectivity index (χ0n) is 13.2. The van der Waals surface area contributed by atoms with E-state index in [2.05, 4.69) is 10.6 Å². The number of nitrogens with zero attached hydrogens (tertiary/aromatic N) is 1. The summed E-state index contributed by atoms with van der Waals surface area (Å²) in [6.45, 7) is 0. The van der Waals surface area contributed by atoms with Gasteiger partial charge in [-0.1, -0.05) is 48.0 Å². The summed E-state index contributed by atoms with van der Waals surface area (Å²) >= 11 is 5.92. The highest BCUT2D eigenvalue weighted by Gasteiger charge is 2.18. The van der Waals surface area contributed by atoms with Crippen LogP contribution in [0.15, 0.2) is 60.7 Å².